The Bertz CT molecular complexity index is 2930. The van der Waals surface area contributed by atoms with Crippen LogP contribution in [0.1, 0.15) is 59.4 Å². The maximum atomic E-state index is 12.9. The quantitative estimate of drug-likeness (QED) is 0.0692. The highest BCUT2D eigenvalue weighted by atomic mass is 31.3. The van der Waals surface area contributed by atoms with Crippen molar-refractivity contribution in [3.05, 3.63) is 66.2 Å². The summed E-state index contributed by atoms with van der Waals surface area (Å²) in [6, 6.07) is 2.18. The molecule has 0 saturated carbocycles. The van der Waals surface area contributed by atoms with Gasteiger partial charge in [0.25, 0.3) is 22.9 Å². The number of esters is 1. The molecule has 0 aromatic carbocycles. The molecule has 2 amide bonds. The standard InChI is InChI=1S/C15H25N2O15P3.C13H23N2O14P3.C6H7NO4.CH4/c1-10(18)29-11-8-14(17-7-6-13(19)16-15(17)20)30-12(11)9-28-34(22,26-4)32-35(23,27-5)31-33(21,24-2)25-3;1-22-30(19,23-2)28-32(21,25-4)29-31(20,24-3)26-8-10-9(16)7-12(27-10)15-6-5-11(17)14-13(15)18;1-4(8)11-7-5(9)2-3-6(7)10;/h6-7,11-12,14H,8-9H2,1-5H3,(H,16,19,20);5-6,9-10,12,16H,7-8H2,1-4H3,(H,14,17,18);2-3H2,1H3;1H4/t11?,12-,14-,34?,35?;9?,10-,12-,31?,32?;;/m11../s1. The molecule has 3 N–H and O–H groups in total. The lowest BCUT2D eigenvalue weighted by Gasteiger charge is -2.24. The molecular formula is C35H59N5O33P6. The molecule has 3 saturated heterocycles. The number of phosphoric acid groups is 6. The number of nitrogens with one attached hydrogen (secondary N) is 2. The zero-order valence-corrected chi connectivity index (χ0v) is 47.9. The molecule has 2 aromatic rings. The van der Waals surface area contributed by atoms with Crippen LogP contribution in [0.2, 0.25) is 0 Å². The van der Waals surface area contributed by atoms with E-state index in [0.29, 0.717) is 5.06 Å². The Labute approximate surface area is 447 Å². The molecule has 452 valence electrons. The molecule has 5 rings (SSSR count). The van der Waals surface area contributed by atoms with Gasteiger partial charge in [0.05, 0.1) is 19.3 Å². The molecular weight excluding hydrogens is 1200 g/mol. The lowest BCUT2D eigenvalue weighted by Crippen LogP contribution is -2.32. The van der Waals surface area contributed by atoms with Gasteiger partial charge in [-0.05, 0) is 0 Å². The second kappa shape index (κ2) is 31.0. The van der Waals surface area contributed by atoms with Gasteiger partial charge in [-0.2, -0.15) is 17.2 Å². The molecule has 2 aromatic heterocycles. The normalized spacial score (nSPS) is 23.3. The van der Waals surface area contributed by atoms with Crippen LogP contribution in [0.15, 0.2) is 43.7 Å². The van der Waals surface area contributed by atoms with Gasteiger partial charge in [-0.15, -0.1) is 5.06 Å². The van der Waals surface area contributed by atoms with Gasteiger partial charge in [0.1, 0.15) is 30.8 Å². The SMILES string of the molecule is C.CC(=O)ON1C(=O)CCC1=O.COP(=O)(OC)OP(=O)(OC)OP(=O)(OC)OC[C@H]1O[C@@H](n2ccc(=O)[nH]c2=O)CC1O.COP(=O)(OC)OP(=O)(OC)OP(=O)(OC)OC[C@H]1O[C@@H](n2ccc(=O)[nH]c2=O)CC1OC(C)=O. The van der Waals surface area contributed by atoms with Crippen molar-refractivity contribution in [2.75, 3.05) is 70.1 Å². The number of carbonyl (C=O) groups is 4. The lowest BCUT2D eigenvalue weighted by molar-refractivity contribution is -0.195. The fourth-order valence-corrected chi connectivity index (χ4v) is 14.9. The number of carbonyl (C=O) groups excluding carboxylic acids is 4. The van der Waals surface area contributed by atoms with Gasteiger partial charge >= 0.3 is 70.3 Å². The van der Waals surface area contributed by atoms with Crippen molar-refractivity contribution < 1.29 is 133 Å². The van der Waals surface area contributed by atoms with E-state index in [1.807, 2.05) is 4.98 Å². The van der Waals surface area contributed by atoms with Gasteiger partial charge in [0.15, 0.2) is 0 Å². The van der Waals surface area contributed by atoms with Gasteiger partial charge in [0.2, 0.25) is 0 Å². The molecule has 0 spiro atoms. The van der Waals surface area contributed by atoms with E-state index in [1.54, 1.807) is 0 Å². The summed E-state index contributed by atoms with van der Waals surface area (Å²) >= 11 is 0. The van der Waals surface area contributed by atoms with Crippen molar-refractivity contribution in [2.24, 2.45) is 0 Å². The molecule has 10 atom stereocenters. The number of aromatic nitrogens is 4. The van der Waals surface area contributed by atoms with Gasteiger partial charge in [0, 0.05) is 121 Å². The molecule has 0 bridgehead atoms. The van der Waals surface area contributed by atoms with Crippen LogP contribution >= 0.6 is 46.9 Å². The topological polar surface area (TPSA) is 470 Å². The van der Waals surface area contributed by atoms with Gasteiger partial charge < -0.3 is 24.2 Å². The van der Waals surface area contributed by atoms with E-state index in [-0.39, 0.29) is 33.1 Å². The highest BCUT2D eigenvalue weighted by Gasteiger charge is 2.49. The molecule has 3 aliphatic heterocycles. The Morgan fingerprint density at radius 2 is 0.911 bits per heavy atom. The van der Waals surface area contributed by atoms with Gasteiger partial charge in [-0.3, -0.25) is 88.3 Å². The second-order valence-corrected chi connectivity index (χ2v) is 26.1. The highest BCUT2D eigenvalue weighted by Crippen LogP contribution is 2.73. The summed E-state index contributed by atoms with van der Waals surface area (Å²) in [5.41, 5.74) is -2.79. The number of hydroxylamine groups is 2. The number of aliphatic hydroxyl groups excluding tert-OH is 1. The number of aromatic amines is 2. The summed E-state index contributed by atoms with van der Waals surface area (Å²) in [4.78, 5) is 98.2. The average molecular weight is 1260 g/mol. The van der Waals surface area contributed by atoms with Crippen LogP contribution in [0, 0.1) is 0 Å². The number of rotatable bonds is 26. The summed E-state index contributed by atoms with van der Waals surface area (Å²) in [6.07, 6.45) is -3.87. The van der Waals surface area contributed by atoms with E-state index in [2.05, 4.69) is 54.6 Å². The summed E-state index contributed by atoms with van der Waals surface area (Å²) in [6.45, 7) is 1.03. The van der Waals surface area contributed by atoms with Crippen LogP contribution in [-0.4, -0.2) is 148 Å². The van der Waals surface area contributed by atoms with Crippen LogP contribution in [0.3, 0.4) is 0 Å². The largest absolute Gasteiger partial charge is 0.492 e. The summed E-state index contributed by atoms with van der Waals surface area (Å²) < 4.78 is 159. The smallest absolute Gasteiger partial charge is 0.460 e. The molecule has 3 fully saturated rings. The minimum atomic E-state index is -4.89. The van der Waals surface area contributed by atoms with E-state index in [4.69, 9.17) is 31.9 Å². The average Bonchev–Trinajstić information content (AvgIpc) is 4.07. The fourth-order valence-electron chi connectivity index (χ4n) is 5.97. The number of phosphoric ester groups is 4. The van der Waals surface area contributed by atoms with Crippen LogP contribution < -0.4 is 22.5 Å². The number of aliphatic hydroxyl groups is 1. The van der Waals surface area contributed by atoms with E-state index in [9.17, 15) is 70.9 Å². The number of hydrogen-bond donors (Lipinski definition) is 3. The van der Waals surface area contributed by atoms with Crippen LogP contribution in [0.5, 0.6) is 0 Å². The number of nitrogens with zero attached hydrogens (tertiary/aromatic N) is 3. The third-order valence-electron chi connectivity index (χ3n) is 9.63. The third-order valence-corrected chi connectivity index (χ3v) is 20.5. The van der Waals surface area contributed by atoms with E-state index >= 15 is 0 Å². The second-order valence-electron chi connectivity index (χ2n) is 14.7. The highest BCUT2D eigenvalue weighted by molar-refractivity contribution is 7.68. The maximum Gasteiger partial charge on any atom is 0.492 e. The Morgan fingerprint density at radius 3 is 1.27 bits per heavy atom. The van der Waals surface area contributed by atoms with Gasteiger partial charge in [-0.1, -0.05) is 7.43 Å². The molecule has 0 radical (unpaired) electrons. The molecule has 44 heteroatoms. The Kier molecular flexibility index (Phi) is 27.9. The third kappa shape index (κ3) is 21.1. The van der Waals surface area contributed by atoms with Crippen LogP contribution in [0.25, 0.3) is 0 Å². The zero-order chi connectivity index (χ0) is 59.0. The van der Waals surface area contributed by atoms with Crippen molar-refractivity contribution in [1.82, 2.24) is 24.2 Å². The summed E-state index contributed by atoms with van der Waals surface area (Å²) in [7, 11) is -20.8. The number of ether oxygens (including phenoxy) is 3. The van der Waals surface area contributed by atoms with Crippen LogP contribution in [-0.2, 0) is 128 Å². The summed E-state index contributed by atoms with van der Waals surface area (Å²) in [5.74, 6) is -2.25. The summed E-state index contributed by atoms with van der Waals surface area (Å²) in [5, 5.41) is 10.7. The lowest BCUT2D eigenvalue weighted by atomic mass is 10.2. The van der Waals surface area contributed by atoms with Crippen LogP contribution in [0.4, 0.5) is 0 Å². The predicted octanol–water partition coefficient (Wildman–Crippen LogP) is 3.11. The fraction of sp³-hybridized carbons (Fsp3) is 0.657. The Hall–Kier alpha value is -3.86. The maximum absolute atomic E-state index is 12.9. The monoisotopic (exact) mass is 1260 g/mol. The van der Waals surface area contributed by atoms with E-state index < -0.39 is 143 Å². The molecule has 79 heavy (non-hydrogen) atoms. The van der Waals surface area contributed by atoms with Crippen molar-refractivity contribution >= 4 is 70.7 Å². The Morgan fingerprint density at radius 1 is 0.557 bits per heavy atom. The van der Waals surface area contributed by atoms with Crippen molar-refractivity contribution in [3.8, 4) is 0 Å². The number of imide groups is 1. The zero-order valence-electron chi connectivity index (χ0n) is 42.6. The first-order chi connectivity index (χ1) is 36.3. The number of H-pyrrole nitrogens is 2. The van der Waals surface area contributed by atoms with E-state index in [0.717, 1.165) is 92.0 Å². The Balaban J connectivity index is 0.000000449. The minimum Gasteiger partial charge on any atom is -0.460 e. The molecule has 6 unspecified atom stereocenters. The molecule has 5 heterocycles. The first-order valence-corrected chi connectivity index (χ1v) is 30.1. The minimum absolute atomic E-state index is 0. The van der Waals surface area contributed by atoms with Crippen molar-refractivity contribution in [1.29, 1.82) is 0 Å². The van der Waals surface area contributed by atoms with Crippen molar-refractivity contribution in [2.45, 2.75) is 83.8 Å². The predicted molar refractivity (Wildman–Crippen MR) is 259 cm³/mol. The van der Waals surface area contributed by atoms with Gasteiger partial charge in [-0.25, -0.2) is 41.8 Å². The number of hydrogen-bond acceptors (Lipinski definition) is 33. The molecule has 3 aliphatic rings. The number of amides is 2. The first kappa shape index (κ1) is 71.2. The first-order valence-electron chi connectivity index (χ1n) is 21.4. The van der Waals surface area contributed by atoms with Crippen molar-refractivity contribution in [3.63, 3.8) is 0 Å². The molecule has 0 aliphatic carbocycles. The van der Waals surface area contributed by atoms with E-state index in [1.165, 1.54) is 12.4 Å². The molecule has 38 nitrogen and oxygen atoms in total.